The third kappa shape index (κ3) is 2.84. The van der Waals surface area contributed by atoms with Gasteiger partial charge < -0.3 is 11.1 Å². The van der Waals surface area contributed by atoms with Gasteiger partial charge >= 0.3 is 0 Å². The first-order valence-electron chi connectivity index (χ1n) is 6.47. The molecule has 0 aromatic heterocycles. The molecule has 1 aliphatic heterocycles. The first-order valence-corrected chi connectivity index (χ1v) is 7.91. The van der Waals surface area contributed by atoms with Crippen LogP contribution in [0.15, 0.2) is 29.2 Å². The number of carbonyl (C=O) groups is 1. The van der Waals surface area contributed by atoms with Crippen LogP contribution in [0.5, 0.6) is 0 Å². The molecule has 1 saturated heterocycles. The fraction of sp³-hybridized carbons (Fsp3) is 0.462. The van der Waals surface area contributed by atoms with Crippen molar-refractivity contribution in [2.24, 2.45) is 5.73 Å². The molecule has 0 saturated carbocycles. The standard InChI is InChI=1S/C13H19N3O3S/c1-9-13(14)7-8-16(9)20(18,19)12-5-3-11(4-6-12)15-10(2)17/h3-6,9,13H,7-8,14H2,1-2H3,(H,15,17). The summed E-state index contributed by atoms with van der Waals surface area (Å²) in [6.45, 7) is 3.66. The molecule has 7 heteroatoms. The Kier molecular flexibility index (Phi) is 4.12. The highest BCUT2D eigenvalue weighted by molar-refractivity contribution is 7.89. The summed E-state index contributed by atoms with van der Waals surface area (Å²) in [7, 11) is -3.53. The van der Waals surface area contributed by atoms with Crippen molar-refractivity contribution in [1.82, 2.24) is 4.31 Å². The number of anilines is 1. The monoisotopic (exact) mass is 297 g/mol. The van der Waals surface area contributed by atoms with Crippen LogP contribution in [0.3, 0.4) is 0 Å². The molecular weight excluding hydrogens is 278 g/mol. The number of amides is 1. The minimum absolute atomic E-state index is 0.122. The summed E-state index contributed by atoms with van der Waals surface area (Å²) in [5, 5.41) is 2.60. The number of nitrogens with two attached hydrogens (primary N) is 1. The summed E-state index contributed by atoms with van der Waals surface area (Å²) in [6, 6.07) is 5.83. The molecular formula is C13H19N3O3S. The van der Waals surface area contributed by atoms with Gasteiger partial charge in [0.05, 0.1) is 4.90 Å². The summed E-state index contributed by atoms with van der Waals surface area (Å²) in [5.41, 5.74) is 6.44. The van der Waals surface area contributed by atoms with E-state index >= 15 is 0 Å². The highest BCUT2D eigenvalue weighted by Crippen LogP contribution is 2.26. The van der Waals surface area contributed by atoms with E-state index in [1.54, 1.807) is 12.1 Å². The Labute approximate surface area is 119 Å². The Morgan fingerprint density at radius 3 is 2.40 bits per heavy atom. The van der Waals surface area contributed by atoms with Gasteiger partial charge in [0.25, 0.3) is 0 Å². The van der Waals surface area contributed by atoms with Crippen molar-refractivity contribution in [3.05, 3.63) is 24.3 Å². The Hall–Kier alpha value is -1.44. The van der Waals surface area contributed by atoms with Crippen molar-refractivity contribution in [3.8, 4) is 0 Å². The molecule has 1 heterocycles. The zero-order valence-electron chi connectivity index (χ0n) is 11.5. The molecule has 2 unspecified atom stereocenters. The smallest absolute Gasteiger partial charge is 0.243 e. The minimum atomic E-state index is -3.53. The molecule has 2 atom stereocenters. The van der Waals surface area contributed by atoms with Gasteiger partial charge in [-0.25, -0.2) is 8.42 Å². The maximum Gasteiger partial charge on any atom is 0.243 e. The lowest BCUT2D eigenvalue weighted by Gasteiger charge is -2.22. The summed E-state index contributed by atoms with van der Waals surface area (Å²) < 4.78 is 26.4. The molecule has 20 heavy (non-hydrogen) atoms. The molecule has 110 valence electrons. The topological polar surface area (TPSA) is 92.5 Å². The third-order valence-corrected chi connectivity index (χ3v) is 5.54. The van der Waals surface area contributed by atoms with E-state index in [4.69, 9.17) is 5.73 Å². The Morgan fingerprint density at radius 2 is 1.95 bits per heavy atom. The van der Waals surface area contributed by atoms with E-state index in [0.717, 1.165) is 0 Å². The highest BCUT2D eigenvalue weighted by atomic mass is 32.2. The van der Waals surface area contributed by atoms with E-state index in [1.165, 1.54) is 23.4 Å². The second-order valence-corrected chi connectivity index (χ2v) is 6.91. The van der Waals surface area contributed by atoms with E-state index in [2.05, 4.69) is 5.32 Å². The zero-order chi connectivity index (χ0) is 14.9. The van der Waals surface area contributed by atoms with Gasteiger partial charge in [-0.2, -0.15) is 4.31 Å². The Bertz CT molecular complexity index is 598. The maximum absolute atomic E-state index is 12.5. The van der Waals surface area contributed by atoms with Crippen molar-refractivity contribution < 1.29 is 13.2 Å². The van der Waals surface area contributed by atoms with Gasteiger partial charge in [0, 0.05) is 31.2 Å². The van der Waals surface area contributed by atoms with Crippen LogP contribution >= 0.6 is 0 Å². The van der Waals surface area contributed by atoms with Gasteiger partial charge in [-0.05, 0) is 37.6 Å². The molecule has 0 spiro atoms. The predicted molar refractivity (Wildman–Crippen MR) is 76.7 cm³/mol. The summed E-state index contributed by atoms with van der Waals surface area (Å²) >= 11 is 0. The number of sulfonamides is 1. The van der Waals surface area contributed by atoms with Crippen LogP contribution < -0.4 is 11.1 Å². The van der Waals surface area contributed by atoms with Crippen LogP contribution in [0.25, 0.3) is 0 Å². The summed E-state index contributed by atoms with van der Waals surface area (Å²) in [4.78, 5) is 11.1. The van der Waals surface area contributed by atoms with Crippen LogP contribution in [0.4, 0.5) is 5.69 Å². The lowest BCUT2D eigenvalue weighted by Crippen LogP contribution is -2.40. The lowest BCUT2D eigenvalue weighted by atomic mass is 10.2. The maximum atomic E-state index is 12.5. The van der Waals surface area contributed by atoms with Gasteiger partial charge in [-0.15, -0.1) is 0 Å². The number of nitrogens with zero attached hydrogens (tertiary/aromatic N) is 1. The van der Waals surface area contributed by atoms with E-state index in [9.17, 15) is 13.2 Å². The second-order valence-electron chi connectivity index (χ2n) is 5.01. The Balaban J connectivity index is 2.24. The number of hydrogen-bond acceptors (Lipinski definition) is 4. The van der Waals surface area contributed by atoms with Crippen molar-refractivity contribution in [3.63, 3.8) is 0 Å². The average Bonchev–Trinajstić information content (AvgIpc) is 2.70. The quantitative estimate of drug-likeness (QED) is 0.861. The van der Waals surface area contributed by atoms with Crippen molar-refractivity contribution >= 4 is 21.6 Å². The van der Waals surface area contributed by atoms with Crippen molar-refractivity contribution in [1.29, 1.82) is 0 Å². The van der Waals surface area contributed by atoms with Crippen LogP contribution in [-0.2, 0) is 14.8 Å². The largest absolute Gasteiger partial charge is 0.326 e. The fourth-order valence-electron chi connectivity index (χ4n) is 2.32. The van der Waals surface area contributed by atoms with E-state index in [-0.39, 0.29) is 22.9 Å². The van der Waals surface area contributed by atoms with Crippen molar-refractivity contribution in [2.75, 3.05) is 11.9 Å². The summed E-state index contributed by atoms with van der Waals surface area (Å²) in [5.74, 6) is -0.195. The molecule has 1 aromatic rings. The van der Waals surface area contributed by atoms with Crippen molar-refractivity contribution in [2.45, 2.75) is 37.2 Å². The first-order chi connectivity index (χ1) is 9.32. The fourth-order valence-corrected chi connectivity index (χ4v) is 4.01. The Morgan fingerprint density at radius 1 is 1.35 bits per heavy atom. The minimum Gasteiger partial charge on any atom is -0.326 e. The van der Waals surface area contributed by atoms with Gasteiger partial charge in [-0.1, -0.05) is 0 Å². The molecule has 0 bridgehead atoms. The highest BCUT2D eigenvalue weighted by Gasteiger charge is 2.37. The van der Waals surface area contributed by atoms with Crippen LogP contribution in [0.2, 0.25) is 0 Å². The first kappa shape index (κ1) is 15.0. The average molecular weight is 297 g/mol. The number of nitrogens with one attached hydrogen (secondary N) is 1. The van der Waals surface area contributed by atoms with Crippen LogP contribution in [0, 0.1) is 0 Å². The molecule has 1 aliphatic rings. The summed E-state index contributed by atoms with van der Waals surface area (Å²) in [6.07, 6.45) is 0.671. The van der Waals surface area contributed by atoms with E-state index in [0.29, 0.717) is 18.7 Å². The second kappa shape index (κ2) is 5.51. The number of benzene rings is 1. The molecule has 1 fully saturated rings. The zero-order valence-corrected chi connectivity index (χ0v) is 12.4. The van der Waals surface area contributed by atoms with Crippen LogP contribution in [0.1, 0.15) is 20.3 Å². The SMILES string of the molecule is CC(=O)Nc1ccc(S(=O)(=O)N2CCC(N)C2C)cc1. The van der Waals surface area contributed by atoms with E-state index < -0.39 is 10.0 Å². The predicted octanol–water partition coefficient (Wildman–Crippen LogP) is 0.755. The van der Waals surface area contributed by atoms with Crippen LogP contribution in [-0.4, -0.2) is 37.3 Å². The number of carbonyl (C=O) groups excluding carboxylic acids is 1. The molecule has 3 N–H and O–H groups in total. The molecule has 1 amide bonds. The normalized spacial score (nSPS) is 23.8. The van der Waals surface area contributed by atoms with Gasteiger partial charge in [0.1, 0.15) is 0 Å². The lowest BCUT2D eigenvalue weighted by molar-refractivity contribution is -0.114. The molecule has 1 aromatic carbocycles. The number of hydrogen-bond donors (Lipinski definition) is 2. The molecule has 0 aliphatic carbocycles. The number of rotatable bonds is 3. The third-order valence-electron chi connectivity index (χ3n) is 3.54. The van der Waals surface area contributed by atoms with Gasteiger partial charge in [0.2, 0.25) is 15.9 Å². The molecule has 2 rings (SSSR count). The molecule has 0 radical (unpaired) electrons. The van der Waals surface area contributed by atoms with Gasteiger partial charge in [0.15, 0.2) is 0 Å². The van der Waals surface area contributed by atoms with E-state index in [1.807, 2.05) is 6.92 Å². The van der Waals surface area contributed by atoms with Gasteiger partial charge in [-0.3, -0.25) is 4.79 Å². The molecule has 6 nitrogen and oxygen atoms in total.